The minimum Gasteiger partial charge on any atom is -0.462 e. The van der Waals surface area contributed by atoms with Gasteiger partial charge in [-0.05, 0) is 80.9 Å². The van der Waals surface area contributed by atoms with Gasteiger partial charge in [0.25, 0.3) is 0 Å². The summed E-state index contributed by atoms with van der Waals surface area (Å²) in [7, 11) is 0. The third-order valence-electron chi connectivity index (χ3n) is 8.86. The van der Waals surface area contributed by atoms with Crippen LogP contribution in [-0.2, 0) is 14.9 Å². The first kappa shape index (κ1) is 25.3. The van der Waals surface area contributed by atoms with E-state index >= 15 is 0 Å². The zero-order chi connectivity index (χ0) is 25.8. The van der Waals surface area contributed by atoms with Crippen LogP contribution >= 0.6 is 0 Å². The summed E-state index contributed by atoms with van der Waals surface area (Å²) < 4.78 is 5.78. The molecule has 0 unspecified atom stereocenters. The van der Waals surface area contributed by atoms with Crippen molar-refractivity contribution in [1.29, 1.82) is 10.5 Å². The number of anilines is 1. The lowest BCUT2D eigenvalue weighted by molar-refractivity contribution is -0.149. The van der Waals surface area contributed by atoms with Crippen LogP contribution < -0.4 is 4.90 Å². The molecule has 2 aromatic rings. The molecule has 2 saturated heterocycles. The highest BCUT2D eigenvalue weighted by Gasteiger charge is 2.53. The van der Waals surface area contributed by atoms with Crippen LogP contribution in [-0.4, -0.2) is 49.7 Å². The van der Waals surface area contributed by atoms with Crippen LogP contribution in [0.25, 0.3) is 0 Å². The highest BCUT2D eigenvalue weighted by atomic mass is 16.5. The number of hydrogen-bond acceptors (Lipinski definition) is 6. The van der Waals surface area contributed by atoms with Crippen molar-refractivity contribution >= 4 is 11.7 Å². The molecule has 0 bridgehead atoms. The standard InChI is InChI=1S/C31H36N4O2/c1-23(36)37-30-9-5-8-29(30)31(22-33,26-6-3-2-4-7-26)27-14-16-34(17-15-27)19-25-20-35(21-25)28-12-10-24(18-32)11-13-28/h2-4,6-7,10-13,25,27,29-30H,5,8-9,14-17,19-21H2,1H3/t29-,30-,31-/m0/s1. The third kappa shape index (κ3) is 5.09. The Balaban J connectivity index is 1.24. The maximum atomic E-state index is 11.9. The van der Waals surface area contributed by atoms with Gasteiger partial charge in [0.05, 0.1) is 23.1 Å². The lowest BCUT2D eigenvalue weighted by atomic mass is 9.59. The smallest absolute Gasteiger partial charge is 0.302 e. The Kier molecular flexibility index (Phi) is 7.49. The van der Waals surface area contributed by atoms with Crippen LogP contribution in [0.15, 0.2) is 54.6 Å². The molecule has 0 spiro atoms. The molecule has 6 nitrogen and oxygen atoms in total. The maximum absolute atomic E-state index is 11.9. The largest absolute Gasteiger partial charge is 0.462 e. The normalized spacial score (nSPS) is 24.5. The first-order valence-electron chi connectivity index (χ1n) is 13.6. The molecular weight excluding hydrogens is 460 g/mol. The van der Waals surface area contributed by atoms with Crippen LogP contribution in [0.1, 0.15) is 50.2 Å². The molecule has 0 aromatic heterocycles. The van der Waals surface area contributed by atoms with E-state index < -0.39 is 5.41 Å². The van der Waals surface area contributed by atoms with Crippen LogP contribution in [0.5, 0.6) is 0 Å². The van der Waals surface area contributed by atoms with E-state index in [0.29, 0.717) is 11.5 Å². The second-order valence-corrected chi connectivity index (χ2v) is 11.0. The zero-order valence-corrected chi connectivity index (χ0v) is 21.7. The van der Waals surface area contributed by atoms with E-state index in [9.17, 15) is 10.1 Å². The second-order valence-electron chi connectivity index (χ2n) is 11.0. The first-order chi connectivity index (χ1) is 18.0. The average molecular weight is 497 g/mol. The van der Waals surface area contributed by atoms with Crippen molar-refractivity contribution in [2.45, 2.75) is 50.5 Å². The van der Waals surface area contributed by atoms with Gasteiger partial charge in [0, 0.05) is 44.1 Å². The summed E-state index contributed by atoms with van der Waals surface area (Å²) in [5.74, 6) is 0.675. The van der Waals surface area contributed by atoms with Gasteiger partial charge in [-0.2, -0.15) is 10.5 Å². The van der Waals surface area contributed by atoms with Gasteiger partial charge in [-0.25, -0.2) is 0 Å². The van der Waals surface area contributed by atoms with Crippen molar-refractivity contribution in [1.82, 2.24) is 4.90 Å². The molecule has 3 fully saturated rings. The lowest BCUT2D eigenvalue weighted by Crippen LogP contribution is -2.54. The van der Waals surface area contributed by atoms with Crippen LogP contribution in [0.4, 0.5) is 5.69 Å². The summed E-state index contributed by atoms with van der Waals surface area (Å²) in [6.45, 7) is 6.66. The Morgan fingerprint density at radius 3 is 2.32 bits per heavy atom. The van der Waals surface area contributed by atoms with Crippen molar-refractivity contribution in [2.75, 3.05) is 37.6 Å². The molecule has 3 aliphatic rings. The highest BCUT2D eigenvalue weighted by molar-refractivity contribution is 5.66. The van der Waals surface area contributed by atoms with E-state index in [1.165, 1.54) is 12.6 Å². The van der Waals surface area contributed by atoms with E-state index in [0.717, 1.165) is 70.4 Å². The number of ether oxygens (including phenoxy) is 1. The van der Waals surface area contributed by atoms with E-state index in [2.05, 4.69) is 34.1 Å². The highest BCUT2D eigenvalue weighted by Crippen LogP contribution is 2.51. The van der Waals surface area contributed by atoms with Gasteiger partial charge in [-0.3, -0.25) is 4.79 Å². The minimum absolute atomic E-state index is 0.0351. The van der Waals surface area contributed by atoms with Gasteiger partial charge >= 0.3 is 5.97 Å². The molecule has 192 valence electrons. The molecule has 2 heterocycles. The summed E-state index contributed by atoms with van der Waals surface area (Å²) in [6.07, 6.45) is 4.55. The first-order valence-corrected chi connectivity index (χ1v) is 13.6. The quantitative estimate of drug-likeness (QED) is 0.507. The predicted molar refractivity (Wildman–Crippen MR) is 143 cm³/mol. The summed E-state index contributed by atoms with van der Waals surface area (Å²) in [4.78, 5) is 16.8. The number of esters is 1. The Hall–Kier alpha value is -3.35. The fourth-order valence-electron chi connectivity index (χ4n) is 7.09. The van der Waals surface area contributed by atoms with Crippen molar-refractivity contribution in [3.8, 4) is 12.1 Å². The molecule has 0 radical (unpaired) electrons. The number of nitrogens with zero attached hydrogens (tertiary/aromatic N) is 4. The third-order valence-corrected chi connectivity index (χ3v) is 8.86. The number of carbonyl (C=O) groups excluding carboxylic acids is 1. The van der Waals surface area contributed by atoms with Gasteiger partial charge in [0.15, 0.2) is 0 Å². The van der Waals surface area contributed by atoms with Crippen molar-refractivity contribution in [3.05, 3.63) is 65.7 Å². The second kappa shape index (κ2) is 11.0. The van der Waals surface area contributed by atoms with Gasteiger partial charge < -0.3 is 14.5 Å². The fraction of sp³-hybridized carbons (Fsp3) is 0.516. The predicted octanol–water partition coefficient (Wildman–Crippen LogP) is 4.90. The topological polar surface area (TPSA) is 80.4 Å². The molecule has 5 rings (SSSR count). The Morgan fingerprint density at radius 1 is 1.00 bits per heavy atom. The number of rotatable bonds is 7. The number of carbonyl (C=O) groups is 1. The van der Waals surface area contributed by atoms with Gasteiger partial charge in [0.1, 0.15) is 6.10 Å². The van der Waals surface area contributed by atoms with E-state index in [-0.39, 0.29) is 23.9 Å². The van der Waals surface area contributed by atoms with Crippen molar-refractivity contribution < 1.29 is 9.53 Å². The maximum Gasteiger partial charge on any atom is 0.302 e. The van der Waals surface area contributed by atoms with Crippen molar-refractivity contribution in [3.63, 3.8) is 0 Å². The zero-order valence-electron chi connectivity index (χ0n) is 21.7. The summed E-state index contributed by atoms with van der Waals surface area (Å²) in [6, 6.07) is 23.1. The van der Waals surface area contributed by atoms with E-state index in [4.69, 9.17) is 10.00 Å². The van der Waals surface area contributed by atoms with E-state index in [1.54, 1.807) is 0 Å². The summed E-state index contributed by atoms with van der Waals surface area (Å²) in [5, 5.41) is 19.8. The molecule has 2 aromatic carbocycles. The molecule has 6 heteroatoms. The summed E-state index contributed by atoms with van der Waals surface area (Å²) in [5.41, 5.74) is 2.34. The molecule has 3 atom stereocenters. The number of benzene rings is 2. The molecule has 1 aliphatic carbocycles. The molecule has 1 saturated carbocycles. The molecule has 37 heavy (non-hydrogen) atoms. The van der Waals surface area contributed by atoms with Crippen LogP contribution in [0.2, 0.25) is 0 Å². The van der Waals surface area contributed by atoms with Gasteiger partial charge in [-0.1, -0.05) is 30.3 Å². The van der Waals surface area contributed by atoms with Gasteiger partial charge in [-0.15, -0.1) is 0 Å². The summed E-state index contributed by atoms with van der Waals surface area (Å²) >= 11 is 0. The van der Waals surface area contributed by atoms with Crippen LogP contribution in [0, 0.1) is 40.4 Å². The van der Waals surface area contributed by atoms with Crippen molar-refractivity contribution in [2.24, 2.45) is 17.8 Å². The SMILES string of the molecule is CC(=O)O[C@H]1CCC[C@@H]1[C@@](C#N)(c1ccccc1)C1CCN(CC2CN(c3ccc(C#N)cc3)C2)CC1. The molecule has 0 amide bonds. The Labute approximate surface area is 220 Å². The molecule has 2 aliphatic heterocycles. The number of likely N-dealkylation sites (tertiary alicyclic amines) is 1. The molecule has 0 N–H and O–H groups in total. The van der Waals surface area contributed by atoms with Crippen LogP contribution in [0.3, 0.4) is 0 Å². The van der Waals surface area contributed by atoms with E-state index in [1.807, 2.05) is 42.5 Å². The monoisotopic (exact) mass is 496 g/mol. The number of piperidine rings is 1. The van der Waals surface area contributed by atoms with Gasteiger partial charge in [0.2, 0.25) is 0 Å². The Bertz CT molecular complexity index is 1150. The molecular formula is C31H36N4O2. The number of nitriles is 2. The Morgan fingerprint density at radius 2 is 1.70 bits per heavy atom. The minimum atomic E-state index is -0.632. The number of hydrogen-bond donors (Lipinski definition) is 0. The fourth-order valence-corrected chi connectivity index (χ4v) is 7.09. The lowest BCUT2D eigenvalue weighted by Gasteiger charge is -2.47. The average Bonchev–Trinajstić information content (AvgIpc) is 3.36.